The fraction of sp³-hybridized carbons (Fsp3) is 0. The van der Waals surface area contributed by atoms with Crippen molar-refractivity contribution in [2.45, 2.75) is 0 Å². The quantitative estimate of drug-likeness (QED) is 0.532. The molecule has 2 nitrogen and oxygen atoms in total. The smallest absolute Gasteiger partial charge is 0.197 e. The molecular weight excluding hydrogens is 342 g/mol. The molecule has 2 aromatic carbocycles. The highest BCUT2D eigenvalue weighted by Crippen LogP contribution is 2.41. The molecular formula is C14H4Cl4O2. The molecule has 0 radical (unpaired) electrons. The van der Waals surface area contributed by atoms with Gasteiger partial charge in [-0.1, -0.05) is 58.5 Å². The Morgan fingerprint density at radius 3 is 2.10 bits per heavy atom. The molecule has 0 bridgehead atoms. The molecule has 0 unspecified atom stereocenters. The van der Waals surface area contributed by atoms with E-state index in [0.29, 0.717) is 0 Å². The van der Waals surface area contributed by atoms with E-state index in [2.05, 4.69) is 0 Å². The van der Waals surface area contributed by atoms with E-state index < -0.39 is 11.6 Å². The minimum absolute atomic E-state index is 0.0232. The van der Waals surface area contributed by atoms with Crippen molar-refractivity contribution in [1.82, 2.24) is 0 Å². The summed E-state index contributed by atoms with van der Waals surface area (Å²) < 4.78 is 0. The summed E-state index contributed by atoms with van der Waals surface area (Å²) in [6, 6.07) is 6.01. The first-order valence-electron chi connectivity index (χ1n) is 5.49. The number of fused-ring (bicyclic) bond motifs is 2. The van der Waals surface area contributed by atoms with Crippen LogP contribution in [0.2, 0.25) is 20.1 Å². The Morgan fingerprint density at radius 1 is 0.700 bits per heavy atom. The monoisotopic (exact) mass is 344 g/mol. The van der Waals surface area contributed by atoms with Crippen LogP contribution in [-0.2, 0) is 0 Å². The number of hydrogen-bond acceptors (Lipinski definition) is 2. The van der Waals surface area contributed by atoms with Crippen LogP contribution in [0.4, 0.5) is 0 Å². The molecule has 0 aromatic heterocycles. The average molecular weight is 346 g/mol. The Balaban J connectivity index is 2.44. The number of benzene rings is 2. The molecule has 2 aromatic rings. The largest absolute Gasteiger partial charge is 0.289 e. The zero-order valence-corrected chi connectivity index (χ0v) is 12.7. The molecule has 0 amide bonds. The number of hydrogen-bond donors (Lipinski definition) is 0. The van der Waals surface area contributed by atoms with Crippen LogP contribution in [0.1, 0.15) is 31.8 Å². The van der Waals surface area contributed by atoms with Crippen molar-refractivity contribution < 1.29 is 9.59 Å². The Kier molecular flexibility index (Phi) is 3.30. The molecule has 0 heterocycles. The van der Waals surface area contributed by atoms with Gasteiger partial charge >= 0.3 is 0 Å². The van der Waals surface area contributed by atoms with Crippen molar-refractivity contribution in [3.05, 3.63) is 66.6 Å². The molecule has 0 saturated heterocycles. The molecule has 100 valence electrons. The normalized spacial score (nSPS) is 13.2. The minimum Gasteiger partial charge on any atom is -0.289 e. The fourth-order valence-corrected chi connectivity index (χ4v) is 3.28. The van der Waals surface area contributed by atoms with Crippen molar-refractivity contribution >= 4 is 58.0 Å². The first kappa shape index (κ1) is 13.9. The van der Waals surface area contributed by atoms with Gasteiger partial charge in [0, 0.05) is 5.56 Å². The lowest BCUT2D eigenvalue weighted by atomic mass is 9.84. The van der Waals surface area contributed by atoms with Crippen LogP contribution in [0.5, 0.6) is 0 Å². The van der Waals surface area contributed by atoms with Gasteiger partial charge in [0.15, 0.2) is 11.6 Å². The number of carbonyl (C=O) groups excluding carboxylic acids is 2. The molecule has 0 aliphatic heterocycles. The lowest BCUT2D eigenvalue weighted by molar-refractivity contribution is 0.0979. The summed E-state index contributed by atoms with van der Waals surface area (Å²) in [6.07, 6.45) is 0. The van der Waals surface area contributed by atoms with Crippen molar-refractivity contribution in [3.8, 4) is 0 Å². The SMILES string of the molecule is O=C1c2c(Cl)cccc2C(=O)c2c(Cl)c(Cl)cc(Cl)c21. The molecule has 1 aliphatic rings. The summed E-state index contributed by atoms with van der Waals surface area (Å²) in [4.78, 5) is 25.1. The van der Waals surface area contributed by atoms with Gasteiger partial charge in [-0.2, -0.15) is 0 Å². The maximum atomic E-state index is 12.5. The summed E-state index contributed by atoms with van der Waals surface area (Å²) >= 11 is 24.0. The highest BCUT2D eigenvalue weighted by atomic mass is 35.5. The van der Waals surface area contributed by atoms with E-state index in [0.717, 1.165) is 0 Å². The predicted molar refractivity (Wildman–Crippen MR) is 79.8 cm³/mol. The van der Waals surface area contributed by atoms with Crippen LogP contribution in [0.15, 0.2) is 24.3 Å². The van der Waals surface area contributed by atoms with E-state index in [9.17, 15) is 9.59 Å². The molecule has 0 atom stereocenters. The number of rotatable bonds is 0. The van der Waals surface area contributed by atoms with Gasteiger partial charge in [-0.15, -0.1) is 0 Å². The second-order valence-corrected chi connectivity index (χ2v) is 5.82. The van der Waals surface area contributed by atoms with E-state index in [1.165, 1.54) is 12.1 Å². The van der Waals surface area contributed by atoms with Crippen LogP contribution in [-0.4, -0.2) is 11.6 Å². The summed E-state index contributed by atoms with van der Waals surface area (Å²) in [7, 11) is 0. The van der Waals surface area contributed by atoms with Crippen LogP contribution in [0, 0.1) is 0 Å². The van der Waals surface area contributed by atoms with E-state index >= 15 is 0 Å². The third-order valence-corrected chi connectivity index (χ3v) is 4.51. The number of ketones is 2. The minimum atomic E-state index is -0.427. The zero-order chi connectivity index (χ0) is 14.6. The summed E-state index contributed by atoms with van der Waals surface area (Å²) in [5.74, 6) is -0.838. The van der Waals surface area contributed by atoms with E-state index in [4.69, 9.17) is 46.4 Å². The Labute approximate surface area is 134 Å². The Hall–Kier alpha value is -1.06. The average Bonchev–Trinajstić information content (AvgIpc) is 2.40. The maximum absolute atomic E-state index is 12.5. The van der Waals surface area contributed by atoms with Gasteiger partial charge < -0.3 is 0 Å². The van der Waals surface area contributed by atoms with E-state index in [-0.39, 0.29) is 42.3 Å². The van der Waals surface area contributed by atoms with Crippen LogP contribution in [0.25, 0.3) is 0 Å². The van der Waals surface area contributed by atoms with Crippen LogP contribution >= 0.6 is 46.4 Å². The fourth-order valence-electron chi connectivity index (χ4n) is 2.23. The molecule has 0 N–H and O–H groups in total. The molecule has 1 aliphatic carbocycles. The molecule has 6 heteroatoms. The highest BCUT2D eigenvalue weighted by Gasteiger charge is 2.35. The van der Waals surface area contributed by atoms with Gasteiger partial charge in [-0.05, 0) is 12.1 Å². The van der Waals surface area contributed by atoms with Gasteiger partial charge in [0.1, 0.15) is 0 Å². The summed E-state index contributed by atoms with van der Waals surface area (Å²) in [6.45, 7) is 0. The lowest BCUT2D eigenvalue weighted by Gasteiger charge is -2.20. The molecule has 3 rings (SSSR count). The molecule has 0 spiro atoms. The van der Waals surface area contributed by atoms with Crippen molar-refractivity contribution in [2.75, 3.05) is 0 Å². The second kappa shape index (κ2) is 4.74. The van der Waals surface area contributed by atoms with Gasteiger partial charge in [-0.3, -0.25) is 9.59 Å². The zero-order valence-electron chi connectivity index (χ0n) is 9.64. The second-order valence-electron chi connectivity index (χ2n) is 4.22. The van der Waals surface area contributed by atoms with Gasteiger partial charge in [0.25, 0.3) is 0 Å². The third-order valence-electron chi connectivity index (χ3n) is 3.11. The van der Waals surface area contributed by atoms with Gasteiger partial charge in [0.2, 0.25) is 0 Å². The molecule has 20 heavy (non-hydrogen) atoms. The third kappa shape index (κ3) is 1.80. The highest BCUT2D eigenvalue weighted by molar-refractivity contribution is 6.49. The van der Waals surface area contributed by atoms with Crippen molar-refractivity contribution in [1.29, 1.82) is 0 Å². The van der Waals surface area contributed by atoms with Gasteiger partial charge in [0.05, 0.1) is 36.8 Å². The summed E-state index contributed by atoms with van der Waals surface area (Å²) in [5.41, 5.74) is 0.429. The first-order valence-corrected chi connectivity index (χ1v) is 7.00. The molecule has 0 saturated carbocycles. The first-order chi connectivity index (χ1) is 9.43. The van der Waals surface area contributed by atoms with E-state index in [1.54, 1.807) is 12.1 Å². The number of carbonyl (C=O) groups is 2. The lowest BCUT2D eigenvalue weighted by Crippen LogP contribution is -2.22. The van der Waals surface area contributed by atoms with Crippen LogP contribution in [0.3, 0.4) is 0 Å². The maximum Gasteiger partial charge on any atom is 0.197 e. The van der Waals surface area contributed by atoms with E-state index in [1.807, 2.05) is 0 Å². The van der Waals surface area contributed by atoms with Crippen LogP contribution < -0.4 is 0 Å². The number of halogens is 4. The van der Waals surface area contributed by atoms with Crippen molar-refractivity contribution in [2.24, 2.45) is 0 Å². The Bertz CT molecular complexity index is 796. The summed E-state index contributed by atoms with van der Waals surface area (Å²) in [5, 5.41) is 0.434. The van der Waals surface area contributed by atoms with Gasteiger partial charge in [-0.25, -0.2) is 0 Å². The topological polar surface area (TPSA) is 34.1 Å². The van der Waals surface area contributed by atoms with Crippen molar-refractivity contribution in [3.63, 3.8) is 0 Å². The predicted octanol–water partition coefficient (Wildman–Crippen LogP) is 5.08. The Morgan fingerprint density at radius 2 is 1.40 bits per heavy atom. The molecule has 0 fully saturated rings. The standard InChI is InChI=1S/C14H4Cl4O2/c15-6-3-1-2-5-9(6)14(20)10-7(16)4-8(17)12(18)11(10)13(5)19/h1-4H.